The molecule has 0 saturated heterocycles. The van der Waals surface area contributed by atoms with Gasteiger partial charge in [0.25, 0.3) is 11.8 Å². The molecule has 0 bridgehead atoms. The highest BCUT2D eigenvalue weighted by Crippen LogP contribution is 2.36. The summed E-state index contributed by atoms with van der Waals surface area (Å²) in [5, 5.41) is 6.07. The van der Waals surface area contributed by atoms with Gasteiger partial charge in [-0.25, -0.2) is 14.4 Å². The van der Waals surface area contributed by atoms with E-state index >= 15 is 0 Å². The van der Waals surface area contributed by atoms with Gasteiger partial charge in [-0.05, 0) is 43.2 Å². The van der Waals surface area contributed by atoms with Crippen LogP contribution in [-0.4, -0.2) is 40.5 Å². The average molecular weight is 492 g/mol. The van der Waals surface area contributed by atoms with Crippen molar-refractivity contribution in [1.29, 1.82) is 0 Å². The third kappa shape index (κ3) is 4.65. The number of amides is 2. The summed E-state index contributed by atoms with van der Waals surface area (Å²) in [5.41, 5.74) is 12.6. The van der Waals surface area contributed by atoms with E-state index in [9.17, 15) is 14.0 Å². The Hall–Kier alpha value is -4.25. The first-order chi connectivity index (χ1) is 17.4. The smallest absolute Gasteiger partial charge is 0.270 e. The third-order valence-electron chi connectivity index (χ3n) is 6.33. The zero-order valence-corrected chi connectivity index (χ0v) is 19.4. The molecule has 2 atom stereocenters. The second kappa shape index (κ2) is 9.78. The summed E-state index contributed by atoms with van der Waals surface area (Å²) in [5.74, 6) is -0.717. The molecule has 0 spiro atoms. The number of pyridine rings is 2. The molecule has 1 fully saturated rings. The fourth-order valence-corrected chi connectivity index (χ4v) is 4.47. The van der Waals surface area contributed by atoms with Crippen LogP contribution in [0.4, 0.5) is 33.2 Å². The minimum absolute atomic E-state index is 0.00931. The number of nitrogens with one attached hydrogen (secondary N) is 2. The van der Waals surface area contributed by atoms with Crippen LogP contribution in [0.2, 0.25) is 0 Å². The molecule has 1 aliphatic heterocycles. The van der Waals surface area contributed by atoms with Crippen LogP contribution in [0.5, 0.6) is 5.75 Å². The molecule has 2 aliphatic rings. The first-order valence-electron chi connectivity index (χ1n) is 11.7. The highest BCUT2D eigenvalue weighted by atomic mass is 19.1. The number of nitrogens with zero attached hydrogens (tertiary/aromatic N) is 3. The van der Waals surface area contributed by atoms with Crippen LogP contribution in [-0.2, 0) is 4.79 Å². The Balaban J connectivity index is 1.41. The highest BCUT2D eigenvalue weighted by molar-refractivity contribution is 6.03. The molecule has 2 aromatic heterocycles. The lowest BCUT2D eigenvalue weighted by Gasteiger charge is -2.30. The monoisotopic (exact) mass is 491 g/mol. The van der Waals surface area contributed by atoms with E-state index in [4.69, 9.17) is 16.2 Å². The Morgan fingerprint density at radius 1 is 1.14 bits per heavy atom. The number of anilines is 5. The van der Waals surface area contributed by atoms with E-state index < -0.39 is 11.7 Å². The van der Waals surface area contributed by atoms with Crippen molar-refractivity contribution < 1.29 is 18.7 Å². The maximum atomic E-state index is 14.8. The summed E-state index contributed by atoms with van der Waals surface area (Å²) < 4.78 is 20.2. The van der Waals surface area contributed by atoms with Crippen molar-refractivity contribution in [2.45, 2.75) is 37.8 Å². The largest absolute Gasteiger partial charge is 0.482 e. The van der Waals surface area contributed by atoms with E-state index in [-0.39, 0.29) is 41.8 Å². The molecule has 10 nitrogen and oxygen atoms in total. The van der Waals surface area contributed by atoms with Crippen molar-refractivity contribution in [2.24, 2.45) is 11.5 Å². The van der Waals surface area contributed by atoms with E-state index in [2.05, 4.69) is 20.6 Å². The SMILES string of the molecule is NC(=O)c1cc(F)c(NC2CCCCC2N)nc1Nc1ccc(N2C(=O)COc3ccccc32)nc1. The van der Waals surface area contributed by atoms with E-state index in [1.165, 1.54) is 11.1 Å². The molecular weight excluding hydrogens is 465 g/mol. The standard InChI is InChI=1S/C25H26FN7O3/c26-16-11-15(23(28)35)24(32-25(16)31-18-6-2-1-5-17(18)27)30-14-9-10-21(29-12-14)33-19-7-3-4-8-20(19)36-13-22(33)34/h3-4,7-12,17-18H,1-2,5-6,13,27H2,(H2,28,35)(H2,30,31,32). The topological polar surface area (TPSA) is 148 Å². The molecule has 36 heavy (non-hydrogen) atoms. The Kier molecular flexibility index (Phi) is 6.38. The fourth-order valence-electron chi connectivity index (χ4n) is 4.47. The molecule has 3 heterocycles. The van der Waals surface area contributed by atoms with Crippen LogP contribution in [0.25, 0.3) is 0 Å². The molecule has 5 rings (SSSR count). The van der Waals surface area contributed by atoms with Gasteiger partial charge in [0.15, 0.2) is 18.2 Å². The van der Waals surface area contributed by atoms with Crippen LogP contribution in [0.3, 0.4) is 0 Å². The van der Waals surface area contributed by atoms with Crippen molar-refractivity contribution in [1.82, 2.24) is 9.97 Å². The molecular formula is C25H26FN7O3. The van der Waals surface area contributed by atoms with Crippen molar-refractivity contribution in [3.05, 3.63) is 60.0 Å². The van der Waals surface area contributed by atoms with Gasteiger partial charge in [-0.2, -0.15) is 0 Å². The van der Waals surface area contributed by atoms with E-state index in [0.29, 0.717) is 22.9 Å². The number of ether oxygens (including phenoxy) is 1. The predicted octanol–water partition coefficient (Wildman–Crippen LogP) is 3.20. The van der Waals surface area contributed by atoms with Crippen molar-refractivity contribution in [3.8, 4) is 5.75 Å². The van der Waals surface area contributed by atoms with Crippen molar-refractivity contribution >= 4 is 40.6 Å². The van der Waals surface area contributed by atoms with Crippen LogP contribution in [0.1, 0.15) is 36.0 Å². The molecule has 0 radical (unpaired) electrons. The third-order valence-corrected chi connectivity index (χ3v) is 6.33. The zero-order chi connectivity index (χ0) is 25.2. The lowest BCUT2D eigenvalue weighted by atomic mass is 9.91. The summed E-state index contributed by atoms with van der Waals surface area (Å²) >= 11 is 0. The quantitative estimate of drug-likeness (QED) is 0.411. The number of benzene rings is 1. The molecule has 186 valence electrons. The number of carbonyl (C=O) groups is 2. The minimum atomic E-state index is -0.829. The Morgan fingerprint density at radius 2 is 1.94 bits per heavy atom. The number of hydrogen-bond donors (Lipinski definition) is 4. The second-order valence-electron chi connectivity index (χ2n) is 8.79. The van der Waals surface area contributed by atoms with Gasteiger partial charge >= 0.3 is 0 Å². The number of para-hydroxylation sites is 2. The van der Waals surface area contributed by atoms with E-state index in [1.54, 1.807) is 30.3 Å². The normalized spacial score (nSPS) is 19.3. The summed E-state index contributed by atoms with van der Waals surface area (Å²) in [4.78, 5) is 34.7. The maximum Gasteiger partial charge on any atom is 0.270 e. The highest BCUT2D eigenvalue weighted by Gasteiger charge is 2.28. The first-order valence-corrected chi connectivity index (χ1v) is 11.7. The van der Waals surface area contributed by atoms with Gasteiger partial charge in [0, 0.05) is 12.1 Å². The lowest BCUT2D eigenvalue weighted by Crippen LogP contribution is -2.43. The summed E-state index contributed by atoms with van der Waals surface area (Å²) in [6.45, 7) is -0.0966. The number of rotatable bonds is 6. The van der Waals surface area contributed by atoms with Crippen LogP contribution in [0.15, 0.2) is 48.7 Å². The average Bonchev–Trinajstić information content (AvgIpc) is 2.87. The zero-order valence-electron chi connectivity index (χ0n) is 19.4. The van der Waals surface area contributed by atoms with E-state index in [0.717, 1.165) is 31.7 Å². The first kappa shape index (κ1) is 23.5. The van der Waals surface area contributed by atoms with Crippen LogP contribution in [0, 0.1) is 5.82 Å². The van der Waals surface area contributed by atoms with Crippen molar-refractivity contribution in [3.63, 3.8) is 0 Å². The van der Waals surface area contributed by atoms with Crippen molar-refractivity contribution in [2.75, 3.05) is 22.1 Å². The minimum Gasteiger partial charge on any atom is -0.482 e. The molecule has 11 heteroatoms. The lowest BCUT2D eigenvalue weighted by molar-refractivity contribution is -0.120. The number of carbonyl (C=O) groups excluding carboxylic acids is 2. The predicted molar refractivity (Wildman–Crippen MR) is 133 cm³/mol. The number of nitrogens with two attached hydrogens (primary N) is 2. The molecule has 1 saturated carbocycles. The van der Waals surface area contributed by atoms with Crippen LogP contribution < -0.4 is 31.7 Å². The van der Waals surface area contributed by atoms with Gasteiger partial charge in [-0.15, -0.1) is 0 Å². The second-order valence-corrected chi connectivity index (χ2v) is 8.79. The molecule has 2 unspecified atom stereocenters. The molecule has 2 amide bonds. The van der Waals surface area contributed by atoms with Gasteiger partial charge in [-0.1, -0.05) is 25.0 Å². The Morgan fingerprint density at radius 3 is 2.69 bits per heavy atom. The number of primary amides is 1. The summed E-state index contributed by atoms with van der Waals surface area (Å²) in [7, 11) is 0. The number of fused-ring (bicyclic) bond motifs is 1. The van der Waals surface area contributed by atoms with Gasteiger partial charge in [-0.3, -0.25) is 14.5 Å². The number of hydrogen-bond acceptors (Lipinski definition) is 8. The van der Waals surface area contributed by atoms with E-state index in [1.807, 2.05) is 6.07 Å². The summed E-state index contributed by atoms with van der Waals surface area (Å²) in [6, 6.07) is 11.3. The van der Waals surface area contributed by atoms with Gasteiger partial charge in [0.05, 0.1) is 23.1 Å². The maximum absolute atomic E-state index is 14.8. The van der Waals surface area contributed by atoms with Crippen LogP contribution >= 0.6 is 0 Å². The molecule has 1 aliphatic carbocycles. The number of halogens is 1. The van der Waals surface area contributed by atoms with Gasteiger partial charge in [0.2, 0.25) is 0 Å². The Bertz CT molecular complexity index is 1300. The van der Waals surface area contributed by atoms with Gasteiger partial charge in [0.1, 0.15) is 17.4 Å². The molecule has 3 aromatic rings. The van der Waals surface area contributed by atoms with Gasteiger partial charge < -0.3 is 26.8 Å². The Labute approximate surface area is 206 Å². The number of aromatic nitrogens is 2. The molecule has 1 aromatic carbocycles. The molecule has 6 N–H and O–H groups in total. The fraction of sp³-hybridized carbons (Fsp3) is 0.280. The summed E-state index contributed by atoms with van der Waals surface area (Å²) in [6.07, 6.45) is 5.16.